The number of fused-ring (bicyclic) bond motifs is 1. The Balaban J connectivity index is 1.80. The second-order valence-electron chi connectivity index (χ2n) is 6.91. The predicted octanol–water partition coefficient (Wildman–Crippen LogP) is 5.19. The molecule has 0 radical (unpaired) electrons. The van der Waals surface area contributed by atoms with Crippen molar-refractivity contribution in [3.63, 3.8) is 0 Å². The summed E-state index contributed by atoms with van der Waals surface area (Å²) < 4.78 is 5.77. The maximum atomic E-state index is 5.77. The third kappa shape index (κ3) is 2.92. The lowest BCUT2D eigenvalue weighted by atomic mass is 9.78. The van der Waals surface area contributed by atoms with Crippen LogP contribution in [0.5, 0.6) is 0 Å². The molecule has 1 aliphatic carbocycles. The first-order valence-electron chi connectivity index (χ1n) is 8.21. The van der Waals surface area contributed by atoms with Crippen LogP contribution in [0.3, 0.4) is 0 Å². The molecule has 1 N–H and O–H groups in total. The summed E-state index contributed by atoms with van der Waals surface area (Å²) in [7, 11) is 0. The number of nitrogens with zero attached hydrogens (tertiary/aromatic N) is 1. The minimum absolute atomic E-state index is 0.327. The van der Waals surface area contributed by atoms with E-state index in [0.29, 0.717) is 12.0 Å². The van der Waals surface area contributed by atoms with Gasteiger partial charge in [-0.2, -0.15) is 0 Å². The average Bonchev–Trinajstić information content (AvgIpc) is 2.87. The Morgan fingerprint density at radius 2 is 2.05 bits per heavy atom. The zero-order chi connectivity index (χ0) is 15.0. The van der Waals surface area contributed by atoms with Crippen LogP contribution in [0.2, 0.25) is 0 Å². The summed E-state index contributed by atoms with van der Waals surface area (Å²) in [5.74, 6) is 2.67. The predicted molar refractivity (Wildman–Crippen MR) is 87.7 cm³/mol. The molecule has 3 atom stereocenters. The topological polar surface area (TPSA) is 38.1 Å². The highest BCUT2D eigenvalue weighted by atomic mass is 16.3. The Hall–Kier alpha value is -1.51. The Labute approximate surface area is 127 Å². The molecule has 21 heavy (non-hydrogen) atoms. The third-order valence-corrected chi connectivity index (χ3v) is 4.96. The standard InChI is InChI=1S/C18H26N2O/c1-11(2)18-20-16-10-14(8-9-17(16)21-18)19-15-7-5-6-12(3)13(15)4/h8-13,15,19H,5-7H2,1-4H3. The smallest absolute Gasteiger partial charge is 0.198 e. The summed E-state index contributed by atoms with van der Waals surface area (Å²) in [5, 5.41) is 3.71. The van der Waals surface area contributed by atoms with Gasteiger partial charge in [-0.25, -0.2) is 4.98 Å². The summed E-state index contributed by atoms with van der Waals surface area (Å²) in [4.78, 5) is 4.59. The lowest BCUT2D eigenvalue weighted by Crippen LogP contribution is -2.34. The van der Waals surface area contributed by atoms with Crippen LogP contribution >= 0.6 is 0 Å². The van der Waals surface area contributed by atoms with E-state index in [2.05, 4.69) is 50.1 Å². The molecule has 114 valence electrons. The van der Waals surface area contributed by atoms with E-state index in [1.165, 1.54) is 19.3 Å². The van der Waals surface area contributed by atoms with Crippen LogP contribution in [0.25, 0.3) is 11.1 Å². The van der Waals surface area contributed by atoms with E-state index in [1.807, 2.05) is 6.07 Å². The Morgan fingerprint density at radius 3 is 2.81 bits per heavy atom. The zero-order valence-corrected chi connectivity index (χ0v) is 13.5. The number of nitrogens with one attached hydrogen (secondary N) is 1. The van der Waals surface area contributed by atoms with Gasteiger partial charge in [0.15, 0.2) is 11.5 Å². The molecule has 0 saturated heterocycles. The highest BCUT2D eigenvalue weighted by Gasteiger charge is 2.26. The third-order valence-electron chi connectivity index (χ3n) is 4.96. The van der Waals surface area contributed by atoms with Crippen molar-refractivity contribution in [2.75, 3.05) is 5.32 Å². The van der Waals surface area contributed by atoms with Gasteiger partial charge in [0, 0.05) is 17.6 Å². The van der Waals surface area contributed by atoms with E-state index < -0.39 is 0 Å². The maximum absolute atomic E-state index is 5.77. The summed E-state index contributed by atoms with van der Waals surface area (Å²) in [6, 6.07) is 6.84. The average molecular weight is 286 g/mol. The molecule has 0 bridgehead atoms. The molecule has 1 fully saturated rings. The molecule has 3 heteroatoms. The number of benzene rings is 1. The molecule has 3 rings (SSSR count). The highest BCUT2D eigenvalue weighted by molar-refractivity contribution is 5.77. The van der Waals surface area contributed by atoms with Crippen molar-refractivity contribution in [1.82, 2.24) is 4.98 Å². The lowest BCUT2D eigenvalue weighted by Gasteiger charge is -2.35. The molecule has 3 nitrogen and oxygen atoms in total. The summed E-state index contributed by atoms with van der Waals surface area (Å²) >= 11 is 0. The number of aromatic nitrogens is 1. The van der Waals surface area contributed by atoms with E-state index >= 15 is 0 Å². The van der Waals surface area contributed by atoms with Gasteiger partial charge >= 0.3 is 0 Å². The molecule has 0 amide bonds. The molecule has 1 aliphatic rings. The number of anilines is 1. The van der Waals surface area contributed by atoms with Crippen molar-refractivity contribution in [2.45, 2.75) is 58.9 Å². The van der Waals surface area contributed by atoms with E-state index in [-0.39, 0.29) is 0 Å². The molecule has 1 aromatic carbocycles. The van der Waals surface area contributed by atoms with Gasteiger partial charge in [0.2, 0.25) is 0 Å². The van der Waals surface area contributed by atoms with Gasteiger partial charge < -0.3 is 9.73 Å². The first kappa shape index (κ1) is 14.4. The SMILES string of the molecule is CC(C)c1nc2cc(NC3CCCC(C)C3C)ccc2o1. The van der Waals surface area contributed by atoms with E-state index in [9.17, 15) is 0 Å². The molecular weight excluding hydrogens is 260 g/mol. The van der Waals surface area contributed by atoms with Crippen LogP contribution in [0.15, 0.2) is 22.6 Å². The second kappa shape index (κ2) is 5.70. The highest BCUT2D eigenvalue weighted by Crippen LogP contribution is 2.32. The monoisotopic (exact) mass is 286 g/mol. The van der Waals surface area contributed by atoms with Crippen molar-refractivity contribution < 1.29 is 4.42 Å². The maximum Gasteiger partial charge on any atom is 0.198 e. The van der Waals surface area contributed by atoms with Crippen molar-refractivity contribution in [3.05, 3.63) is 24.1 Å². The first-order chi connectivity index (χ1) is 10.0. The molecule has 0 spiro atoms. The number of rotatable bonds is 3. The molecule has 2 aromatic rings. The normalized spacial score (nSPS) is 26.4. The van der Waals surface area contributed by atoms with Crippen LogP contribution in [0, 0.1) is 11.8 Å². The van der Waals surface area contributed by atoms with Gasteiger partial charge in [0.25, 0.3) is 0 Å². The molecule has 1 aromatic heterocycles. The number of hydrogen-bond acceptors (Lipinski definition) is 3. The molecule has 0 aliphatic heterocycles. The quantitative estimate of drug-likeness (QED) is 0.844. The minimum atomic E-state index is 0.327. The largest absolute Gasteiger partial charge is 0.440 e. The van der Waals surface area contributed by atoms with Gasteiger partial charge in [0.05, 0.1) is 0 Å². The van der Waals surface area contributed by atoms with Gasteiger partial charge in [-0.1, -0.05) is 40.5 Å². The summed E-state index contributed by atoms with van der Waals surface area (Å²) in [6.07, 6.45) is 3.95. The zero-order valence-electron chi connectivity index (χ0n) is 13.5. The van der Waals surface area contributed by atoms with Crippen LogP contribution in [-0.4, -0.2) is 11.0 Å². The molecule has 1 saturated carbocycles. The van der Waals surface area contributed by atoms with Crippen LogP contribution in [0.1, 0.15) is 58.8 Å². The van der Waals surface area contributed by atoms with Crippen molar-refractivity contribution in [1.29, 1.82) is 0 Å². The van der Waals surface area contributed by atoms with Crippen LogP contribution in [-0.2, 0) is 0 Å². The second-order valence-corrected chi connectivity index (χ2v) is 6.91. The van der Waals surface area contributed by atoms with Crippen LogP contribution in [0.4, 0.5) is 5.69 Å². The van der Waals surface area contributed by atoms with Gasteiger partial charge in [-0.3, -0.25) is 0 Å². The first-order valence-corrected chi connectivity index (χ1v) is 8.21. The van der Waals surface area contributed by atoms with Crippen molar-refractivity contribution >= 4 is 16.8 Å². The van der Waals surface area contributed by atoms with Gasteiger partial charge in [-0.05, 0) is 36.5 Å². The number of oxazole rings is 1. The molecular formula is C18H26N2O. The summed E-state index contributed by atoms with van der Waals surface area (Å²) in [6.45, 7) is 8.95. The van der Waals surface area contributed by atoms with Crippen molar-refractivity contribution in [2.24, 2.45) is 11.8 Å². The van der Waals surface area contributed by atoms with Crippen molar-refractivity contribution in [3.8, 4) is 0 Å². The fourth-order valence-corrected chi connectivity index (χ4v) is 3.28. The van der Waals surface area contributed by atoms with E-state index in [1.54, 1.807) is 0 Å². The van der Waals surface area contributed by atoms with Crippen LogP contribution < -0.4 is 5.32 Å². The fourth-order valence-electron chi connectivity index (χ4n) is 3.28. The molecule has 3 unspecified atom stereocenters. The van der Waals surface area contributed by atoms with E-state index in [4.69, 9.17) is 4.42 Å². The Bertz CT molecular complexity index is 617. The lowest BCUT2D eigenvalue weighted by molar-refractivity contribution is 0.253. The Kier molecular flexibility index (Phi) is 3.92. The summed E-state index contributed by atoms with van der Waals surface area (Å²) in [5.41, 5.74) is 3.01. The minimum Gasteiger partial charge on any atom is -0.440 e. The van der Waals surface area contributed by atoms with Gasteiger partial charge in [-0.15, -0.1) is 0 Å². The Morgan fingerprint density at radius 1 is 1.24 bits per heavy atom. The molecule has 1 heterocycles. The van der Waals surface area contributed by atoms with E-state index in [0.717, 1.165) is 34.5 Å². The fraction of sp³-hybridized carbons (Fsp3) is 0.611. The number of hydrogen-bond donors (Lipinski definition) is 1. The van der Waals surface area contributed by atoms with Gasteiger partial charge in [0.1, 0.15) is 5.52 Å².